The van der Waals surface area contributed by atoms with E-state index in [2.05, 4.69) is 30.9 Å². The molecule has 15 nitrogen and oxygen atoms in total. The maximum atomic E-state index is 12.5. The number of nitrogens with one attached hydrogen (secondary N) is 3. The van der Waals surface area contributed by atoms with E-state index in [1.54, 1.807) is 79.7 Å². The first-order valence-electron chi connectivity index (χ1n) is 15.3. The second-order valence-electron chi connectivity index (χ2n) is 11.3. The van der Waals surface area contributed by atoms with E-state index < -0.39 is 23.7 Å². The number of rotatable bonds is 18. The SMILES string of the molecule is CC(COC(=O)NCc1ccc(CN=C=O)cc1)(COC(=O)NCc1ccc(CN=C=O)cc1)COC(=O)NCc1ccc(CN=C=O)cc1. The number of benzene rings is 3. The van der Waals surface area contributed by atoms with Gasteiger partial charge in [-0.05, 0) is 40.3 Å². The zero-order chi connectivity index (χ0) is 36.0. The maximum absolute atomic E-state index is 12.5. The van der Waals surface area contributed by atoms with Gasteiger partial charge in [0.2, 0.25) is 18.2 Å². The van der Waals surface area contributed by atoms with Gasteiger partial charge in [-0.15, -0.1) is 0 Å². The van der Waals surface area contributed by atoms with Gasteiger partial charge in [-0.3, -0.25) is 0 Å². The lowest BCUT2D eigenvalue weighted by molar-refractivity contribution is -0.00471. The van der Waals surface area contributed by atoms with Crippen LogP contribution in [0.3, 0.4) is 0 Å². The summed E-state index contributed by atoms with van der Waals surface area (Å²) in [5, 5.41) is 7.90. The fourth-order valence-corrected chi connectivity index (χ4v) is 4.18. The monoisotopic (exact) mass is 684 g/mol. The standard InChI is InChI=1S/C35H36N6O9/c1-35(20-48-32(45)39-17-29-8-2-26(3-9-29)14-36-23-42,21-49-33(46)40-18-30-10-4-27(5-11-30)15-37-24-43)22-50-34(47)41-19-31-12-6-28(7-13-31)16-38-25-44/h2-13H,14-22H2,1H3,(H,39,45)(H,40,46)(H,41,47). The Bertz CT molecular complexity index is 1510. The zero-order valence-electron chi connectivity index (χ0n) is 27.3. The number of ether oxygens (including phenoxy) is 3. The van der Waals surface area contributed by atoms with Crippen LogP contribution in [-0.4, -0.2) is 56.3 Å². The first kappa shape index (κ1) is 38.1. The van der Waals surface area contributed by atoms with E-state index >= 15 is 0 Å². The Morgan fingerprint density at radius 3 is 0.980 bits per heavy atom. The molecule has 0 atom stereocenters. The topological polar surface area (TPSA) is 203 Å². The van der Waals surface area contributed by atoms with Crippen LogP contribution >= 0.6 is 0 Å². The third kappa shape index (κ3) is 14.6. The Labute approximate surface area is 287 Å². The molecule has 3 rings (SSSR count). The number of hydrogen-bond donors (Lipinski definition) is 3. The molecule has 0 saturated heterocycles. The number of nitrogens with zero attached hydrogens (tertiary/aromatic N) is 3. The van der Waals surface area contributed by atoms with E-state index in [1.165, 1.54) is 18.2 Å². The van der Waals surface area contributed by atoms with Gasteiger partial charge in [0.05, 0.1) is 25.0 Å². The smallest absolute Gasteiger partial charge is 0.407 e. The van der Waals surface area contributed by atoms with Crippen LogP contribution in [0.4, 0.5) is 14.4 Å². The molecule has 3 aromatic rings. The van der Waals surface area contributed by atoms with Crippen molar-refractivity contribution in [3.05, 3.63) is 106 Å². The largest absolute Gasteiger partial charge is 0.449 e. The van der Waals surface area contributed by atoms with E-state index in [0.717, 1.165) is 33.4 Å². The van der Waals surface area contributed by atoms with Crippen LogP contribution in [-0.2, 0) is 67.9 Å². The van der Waals surface area contributed by atoms with Crippen LogP contribution in [0.25, 0.3) is 0 Å². The number of hydrogen-bond acceptors (Lipinski definition) is 12. The van der Waals surface area contributed by atoms with Crippen molar-refractivity contribution in [1.29, 1.82) is 0 Å². The molecule has 0 fully saturated rings. The second kappa shape index (κ2) is 20.8. The van der Waals surface area contributed by atoms with Gasteiger partial charge in [-0.1, -0.05) is 72.8 Å². The number of alkyl carbamates (subject to hydrolysis) is 3. The van der Waals surface area contributed by atoms with Crippen molar-refractivity contribution >= 4 is 36.5 Å². The van der Waals surface area contributed by atoms with Crippen molar-refractivity contribution in [2.75, 3.05) is 19.8 Å². The minimum absolute atomic E-state index is 0.154. The van der Waals surface area contributed by atoms with Crippen LogP contribution in [0.5, 0.6) is 0 Å². The predicted molar refractivity (Wildman–Crippen MR) is 177 cm³/mol. The Morgan fingerprint density at radius 1 is 0.500 bits per heavy atom. The minimum Gasteiger partial charge on any atom is -0.449 e. The number of aliphatic imine (C=N–C) groups is 3. The lowest BCUT2D eigenvalue weighted by atomic mass is 9.94. The first-order chi connectivity index (χ1) is 24.2. The first-order valence-corrected chi connectivity index (χ1v) is 15.3. The molecule has 0 unspecified atom stereocenters. The Morgan fingerprint density at radius 2 is 0.740 bits per heavy atom. The molecule has 0 aliphatic heterocycles. The minimum atomic E-state index is -1.13. The van der Waals surface area contributed by atoms with Gasteiger partial charge in [0, 0.05) is 19.6 Å². The third-order valence-corrected chi connectivity index (χ3v) is 7.01. The van der Waals surface area contributed by atoms with Crippen LogP contribution in [0.1, 0.15) is 40.3 Å². The third-order valence-electron chi connectivity index (χ3n) is 7.01. The highest BCUT2D eigenvalue weighted by Gasteiger charge is 2.31. The van der Waals surface area contributed by atoms with Crippen LogP contribution < -0.4 is 16.0 Å². The van der Waals surface area contributed by atoms with Crippen LogP contribution in [0.2, 0.25) is 0 Å². The van der Waals surface area contributed by atoms with Crippen LogP contribution in [0, 0.1) is 5.41 Å². The van der Waals surface area contributed by atoms with Gasteiger partial charge < -0.3 is 30.2 Å². The van der Waals surface area contributed by atoms with Crippen molar-refractivity contribution in [3.63, 3.8) is 0 Å². The highest BCUT2D eigenvalue weighted by molar-refractivity contribution is 5.68. The normalized spacial score (nSPS) is 11.2. The molecule has 0 aliphatic rings. The van der Waals surface area contributed by atoms with E-state index in [9.17, 15) is 28.8 Å². The van der Waals surface area contributed by atoms with Gasteiger partial charge >= 0.3 is 18.3 Å². The average molecular weight is 685 g/mol. The average Bonchev–Trinajstić information content (AvgIpc) is 3.14. The number of amides is 3. The zero-order valence-corrected chi connectivity index (χ0v) is 27.3. The molecule has 0 saturated carbocycles. The Balaban J connectivity index is 1.53. The summed E-state index contributed by atoms with van der Waals surface area (Å²) in [5.74, 6) is 0. The highest BCUT2D eigenvalue weighted by atomic mass is 16.6. The number of carbonyl (C=O) groups is 3. The molecule has 15 heteroatoms. The molecule has 0 spiro atoms. The van der Waals surface area contributed by atoms with Crippen molar-refractivity contribution < 1.29 is 43.0 Å². The van der Waals surface area contributed by atoms with Gasteiger partial charge in [0.1, 0.15) is 19.8 Å². The summed E-state index contributed by atoms with van der Waals surface area (Å²) in [6.45, 7) is 1.91. The van der Waals surface area contributed by atoms with Gasteiger partial charge in [0.25, 0.3) is 0 Å². The summed E-state index contributed by atoms with van der Waals surface area (Å²) in [7, 11) is 0. The number of isocyanates is 3. The molecule has 3 aromatic carbocycles. The lowest BCUT2D eigenvalue weighted by Gasteiger charge is -2.28. The molecule has 0 aliphatic carbocycles. The molecule has 3 N–H and O–H groups in total. The van der Waals surface area contributed by atoms with E-state index in [0.29, 0.717) is 0 Å². The summed E-state index contributed by atoms with van der Waals surface area (Å²) in [6, 6.07) is 21.2. The molecule has 3 amide bonds. The summed E-state index contributed by atoms with van der Waals surface area (Å²) >= 11 is 0. The van der Waals surface area contributed by atoms with Crippen LogP contribution in [0.15, 0.2) is 87.8 Å². The number of carbonyl (C=O) groups excluding carboxylic acids is 6. The molecule has 0 bridgehead atoms. The van der Waals surface area contributed by atoms with E-state index in [1.807, 2.05) is 0 Å². The van der Waals surface area contributed by atoms with Gasteiger partial charge in [-0.25, -0.2) is 43.7 Å². The fourth-order valence-electron chi connectivity index (χ4n) is 4.18. The lowest BCUT2D eigenvalue weighted by Crippen LogP contribution is -2.40. The molecular formula is C35H36N6O9. The molecular weight excluding hydrogens is 648 g/mol. The summed E-state index contributed by atoms with van der Waals surface area (Å²) in [4.78, 5) is 79.1. The molecule has 260 valence electrons. The molecule has 0 heterocycles. The predicted octanol–water partition coefficient (Wildman–Crippen LogP) is 4.28. The molecule has 0 aromatic heterocycles. The van der Waals surface area contributed by atoms with Crippen molar-refractivity contribution in [1.82, 2.24) is 16.0 Å². The maximum Gasteiger partial charge on any atom is 0.407 e. The highest BCUT2D eigenvalue weighted by Crippen LogP contribution is 2.19. The Hall–Kier alpha value is -6.39. The second-order valence-corrected chi connectivity index (χ2v) is 11.3. The Kier molecular flexibility index (Phi) is 15.8. The summed E-state index contributed by atoms with van der Waals surface area (Å²) < 4.78 is 16.2. The van der Waals surface area contributed by atoms with Gasteiger partial charge in [-0.2, -0.15) is 0 Å². The fraction of sp³-hybridized carbons (Fsp3) is 0.314. The van der Waals surface area contributed by atoms with Gasteiger partial charge in [0.15, 0.2) is 0 Å². The van der Waals surface area contributed by atoms with Crippen molar-refractivity contribution in [2.24, 2.45) is 20.4 Å². The van der Waals surface area contributed by atoms with Crippen molar-refractivity contribution in [3.8, 4) is 0 Å². The summed E-state index contributed by atoms with van der Waals surface area (Å²) in [6.07, 6.45) is 2.21. The van der Waals surface area contributed by atoms with Crippen molar-refractivity contribution in [2.45, 2.75) is 46.2 Å². The van der Waals surface area contributed by atoms with E-state index in [-0.39, 0.29) is 59.1 Å². The molecule has 0 radical (unpaired) electrons. The quantitative estimate of drug-likeness (QED) is 0.0993. The molecule has 50 heavy (non-hydrogen) atoms. The summed E-state index contributed by atoms with van der Waals surface area (Å²) in [5.41, 5.74) is 3.62. The van der Waals surface area contributed by atoms with E-state index in [4.69, 9.17) is 14.2 Å².